The summed E-state index contributed by atoms with van der Waals surface area (Å²) in [5, 5.41) is 0. The van der Waals surface area contributed by atoms with E-state index in [9.17, 15) is 0 Å². The van der Waals surface area contributed by atoms with Crippen LogP contribution in [0.5, 0.6) is 11.5 Å². The lowest BCUT2D eigenvalue weighted by atomic mass is 9.85. The van der Waals surface area contributed by atoms with E-state index in [2.05, 4.69) is 43.9 Å². The minimum Gasteiger partial charge on any atom is -0.497 e. The van der Waals surface area contributed by atoms with Gasteiger partial charge in [0.1, 0.15) is 18.1 Å². The van der Waals surface area contributed by atoms with Crippen LogP contribution in [0.4, 0.5) is 0 Å². The molecule has 1 aliphatic heterocycles. The molecule has 0 spiro atoms. The van der Waals surface area contributed by atoms with E-state index in [0.29, 0.717) is 13.2 Å². The highest BCUT2D eigenvalue weighted by Gasteiger charge is 2.30. The molecular weight excluding hydrogens is 324 g/mol. The Morgan fingerprint density at radius 1 is 1.08 bits per heavy atom. The molecule has 0 saturated carbocycles. The van der Waals surface area contributed by atoms with Gasteiger partial charge in [-0.2, -0.15) is 0 Å². The molecule has 0 amide bonds. The fourth-order valence-corrected chi connectivity index (χ4v) is 3.50. The van der Waals surface area contributed by atoms with Crippen LogP contribution in [-0.4, -0.2) is 31.7 Å². The largest absolute Gasteiger partial charge is 0.497 e. The van der Waals surface area contributed by atoms with Crippen molar-refractivity contribution >= 4 is 0 Å². The summed E-state index contributed by atoms with van der Waals surface area (Å²) in [4.78, 5) is 2.42. The number of fused-ring (bicyclic) bond motifs is 1. The molecule has 0 fully saturated rings. The van der Waals surface area contributed by atoms with Crippen molar-refractivity contribution in [3.63, 3.8) is 0 Å². The molecule has 1 unspecified atom stereocenters. The van der Waals surface area contributed by atoms with Crippen LogP contribution in [0.3, 0.4) is 0 Å². The molecular formula is C22H30N2O2. The fraction of sp³-hybridized carbons (Fsp3) is 0.455. The molecule has 0 radical (unpaired) electrons. The zero-order valence-electron chi connectivity index (χ0n) is 16.3. The van der Waals surface area contributed by atoms with Gasteiger partial charge in [-0.3, -0.25) is 4.90 Å². The molecule has 1 heterocycles. The monoisotopic (exact) mass is 354 g/mol. The van der Waals surface area contributed by atoms with Gasteiger partial charge in [0.2, 0.25) is 0 Å². The molecule has 2 aromatic carbocycles. The van der Waals surface area contributed by atoms with E-state index in [1.807, 2.05) is 24.3 Å². The average Bonchev–Trinajstić information content (AvgIpc) is 2.98. The molecule has 1 atom stereocenters. The van der Waals surface area contributed by atoms with Gasteiger partial charge in [0, 0.05) is 25.7 Å². The van der Waals surface area contributed by atoms with E-state index in [-0.39, 0.29) is 11.5 Å². The molecule has 4 nitrogen and oxygen atoms in total. The van der Waals surface area contributed by atoms with E-state index < -0.39 is 0 Å². The molecule has 4 heteroatoms. The van der Waals surface area contributed by atoms with Crippen LogP contribution in [0.1, 0.15) is 43.5 Å². The van der Waals surface area contributed by atoms with Crippen LogP contribution in [0, 0.1) is 0 Å². The van der Waals surface area contributed by atoms with Gasteiger partial charge in [-0.05, 0) is 46.4 Å². The second-order valence-corrected chi connectivity index (χ2v) is 7.91. The van der Waals surface area contributed by atoms with Crippen molar-refractivity contribution < 1.29 is 9.47 Å². The second kappa shape index (κ2) is 7.68. The highest BCUT2D eigenvalue weighted by Crippen LogP contribution is 2.36. The van der Waals surface area contributed by atoms with Crippen LogP contribution in [-0.2, 0) is 12.0 Å². The molecule has 1 aliphatic rings. The van der Waals surface area contributed by atoms with Gasteiger partial charge in [0.25, 0.3) is 0 Å². The number of rotatable bonds is 6. The third-order valence-corrected chi connectivity index (χ3v) is 5.12. The van der Waals surface area contributed by atoms with Gasteiger partial charge < -0.3 is 15.2 Å². The second-order valence-electron chi connectivity index (χ2n) is 7.91. The molecule has 0 bridgehead atoms. The smallest absolute Gasteiger partial charge is 0.119 e. The van der Waals surface area contributed by atoms with E-state index in [4.69, 9.17) is 15.2 Å². The van der Waals surface area contributed by atoms with E-state index in [0.717, 1.165) is 24.6 Å². The molecule has 2 aromatic rings. The van der Waals surface area contributed by atoms with Crippen molar-refractivity contribution in [2.75, 3.05) is 26.8 Å². The summed E-state index contributed by atoms with van der Waals surface area (Å²) in [6, 6.07) is 14.8. The molecule has 3 rings (SSSR count). The number of nitrogens with zero attached hydrogens (tertiary/aromatic N) is 1. The quantitative estimate of drug-likeness (QED) is 0.855. The number of benzene rings is 2. The van der Waals surface area contributed by atoms with Crippen molar-refractivity contribution in [2.24, 2.45) is 5.73 Å². The summed E-state index contributed by atoms with van der Waals surface area (Å²) in [7, 11) is 1.67. The Labute approximate surface area is 156 Å². The molecule has 2 N–H and O–H groups in total. The van der Waals surface area contributed by atoms with Gasteiger partial charge in [0.15, 0.2) is 0 Å². The Morgan fingerprint density at radius 3 is 2.38 bits per heavy atom. The molecule has 26 heavy (non-hydrogen) atoms. The lowest BCUT2D eigenvalue weighted by molar-refractivity contribution is 0.174. The number of hydrogen-bond acceptors (Lipinski definition) is 4. The van der Waals surface area contributed by atoms with Gasteiger partial charge in [-0.15, -0.1) is 0 Å². The predicted molar refractivity (Wildman–Crippen MR) is 106 cm³/mol. The number of nitrogens with two attached hydrogens (primary N) is 1. The Morgan fingerprint density at radius 2 is 1.77 bits per heavy atom. The topological polar surface area (TPSA) is 47.7 Å². The van der Waals surface area contributed by atoms with Crippen molar-refractivity contribution in [3.05, 3.63) is 59.2 Å². The lowest BCUT2D eigenvalue weighted by Gasteiger charge is -2.25. The first kappa shape index (κ1) is 18.7. The van der Waals surface area contributed by atoms with Crippen LogP contribution in [0.15, 0.2) is 42.5 Å². The van der Waals surface area contributed by atoms with Gasteiger partial charge in [-0.1, -0.05) is 39.0 Å². The summed E-state index contributed by atoms with van der Waals surface area (Å²) in [6.07, 6.45) is 0. The van der Waals surface area contributed by atoms with E-state index in [1.54, 1.807) is 7.11 Å². The number of hydrogen-bond donors (Lipinski definition) is 1. The van der Waals surface area contributed by atoms with Crippen LogP contribution < -0.4 is 15.2 Å². The summed E-state index contributed by atoms with van der Waals surface area (Å²) < 4.78 is 11.1. The first-order valence-corrected chi connectivity index (χ1v) is 9.26. The molecule has 0 aromatic heterocycles. The van der Waals surface area contributed by atoms with Gasteiger partial charge in [-0.25, -0.2) is 0 Å². The Bertz CT molecular complexity index is 735. The average molecular weight is 354 g/mol. The van der Waals surface area contributed by atoms with Gasteiger partial charge >= 0.3 is 0 Å². The Hall–Kier alpha value is -2.04. The SMILES string of the molecule is COc1ccc(OCCN2Cc3ccc(C(C)(C)C)cc3C2CN)cc1. The Kier molecular flexibility index (Phi) is 5.54. The van der Waals surface area contributed by atoms with E-state index in [1.165, 1.54) is 16.7 Å². The highest BCUT2D eigenvalue weighted by atomic mass is 16.5. The number of ether oxygens (including phenoxy) is 2. The molecule has 140 valence electrons. The van der Waals surface area contributed by atoms with Crippen LogP contribution in [0.25, 0.3) is 0 Å². The third-order valence-electron chi connectivity index (χ3n) is 5.12. The van der Waals surface area contributed by atoms with Crippen molar-refractivity contribution in [2.45, 2.75) is 38.8 Å². The zero-order valence-corrected chi connectivity index (χ0v) is 16.3. The molecule has 0 saturated heterocycles. The van der Waals surface area contributed by atoms with Crippen LogP contribution in [0.2, 0.25) is 0 Å². The first-order chi connectivity index (χ1) is 12.4. The standard InChI is InChI=1S/C22H30N2O2/c1-22(2,3)17-6-5-16-15-24(21(14-23)20(16)13-17)11-12-26-19-9-7-18(25-4)8-10-19/h5-10,13,21H,11-12,14-15,23H2,1-4H3. The maximum atomic E-state index is 6.12. The van der Waals surface area contributed by atoms with Crippen molar-refractivity contribution in [3.8, 4) is 11.5 Å². The summed E-state index contributed by atoms with van der Waals surface area (Å²) in [6.45, 7) is 9.82. The maximum absolute atomic E-state index is 6.12. The minimum atomic E-state index is 0.152. The highest BCUT2D eigenvalue weighted by molar-refractivity contribution is 5.40. The number of methoxy groups -OCH3 is 1. The predicted octanol–water partition coefficient (Wildman–Crippen LogP) is 3.89. The van der Waals surface area contributed by atoms with Crippen LogP contribution >= 0.6 is 0 Å². The minimum absolute atomic E-state index is 0.152. The molecule has 0 aliphatic carbocycles. The summed E-state index contributed by atoms with van der Waals surface area (Å²) in [5.74, 6) is 1.70. The van der Waals surface area contributed by atoms with E-state index >= 15 is 0 Å². The Balaban J connectivity index is 1.63. The third kappa shape index (κ3) is 4.02. The maximum Gasteiger partial charge on any atom is 0.119 e. The lowest BCUT2D eigenvalue weighted by Crippen LogP contribution is -2.31. The first-order valence-electron chi connectivity index (χ1n) is 9.26. The van der Waals surface area contributed by atoms with Crippen molar-refractivity contribution in [1.82, 2.24) is 4.90 Å². The fourth-order valence-electron chi connectivity index (χ4n) is 3.50. The zero-order chi connectivity index (χ0) is 18.7. The van der Waals surface area contributed by atoms with Gasteiger partial charge in [0.05, 0.1) is 7.11 Å². The normalized spacial score (nSPS) is 17.2. The summed E-state index contributed by atoms with van der Waals surface area (Å²) in [5.41, 5.74) is 10.4. The summed E-state index contributed by atoms with van der Waals surface area (Å²) >= 11 is 0. The van der Waals surface area contributed by atoms with Crippen molar-refractivity contribution in [1.29, 1.82) is 0 Å².